The highest BCUT2D eigenvalue weighted by molar-refractivity contribution is 7.92. The van der Waals surface area contributed by atoms with Crippen molar-refractivity contribution in [3.05, 3.63) is 97.2 Å². The van der Waals surface area contributed by atoms with Crippen LogP contribution in [-0.2, 0) is 14.8 Å². The van der Waals surface area contributed by atoms with Crippen LogP contribution < -0.4 is 10.3 Å². The van der Waals surface area contributed by atoms with Crippen LogP contribution in [0.4, 0.5) is 5.69 Å². The number of fused-ring (bicyclic) bond motifs is 1. The average molecular weight is 594 g/mol. The molecule has 0 spiro atoms. The highest BCUT2D eigenvalue weighted by atomic mass is 32.2. The Balaban J connectivity index is 1.42. The third-order valence-corrected chi connectivity index (χ3v) is 10.3. The number of anilines is 1. The second-order valence-corrected chi connectivity index (χ2v) is 13.0. The maximum Gasteiger partial charge on any atom is 0.340 e. The van der Waals surface area contributed by atoms with Gasteiger partial charge in [-0.25, -0.2) is 18.2 Å². The fourth-order valence-corrected chi connectivity index (χ4v) is 8.05. The predicted molar refractivity (Wildman–Crippen MR) is 160 cm³/mol. The van der Waals surface area contributed by atoms with Gasteiger partial charge in [-0.2, -0.15) is 0 Å². The predicted octanol–water partition coefficient (Wildman–Crippen LogP) is 6.67. The Morgan fingerprint density at radius 1 is 1.02 bits per heavy atom. The number of H-pyrrole nitrogens is 1. The maximum absolute atomic E-state index is 13.5. The first-order valence-electron chi connectivity index (χ1n) is 12.4. The monoisotopic (exact) mass is 593 g/mol. The molecule has 40 heavy (non-hydrogen) atoms. The van der Waals surface area contributed by atoms with Crippen molar-refractivity contribution in [1.29, 1.82) is 0 Å². The number of benzene rings is 2. The second-order valence-electron chi connectivity index (χ2n) is 9.55. The molecule has 0 aliphatic carbocycles. The summed E-state index contributed by atoms with van der Waals surface area (Å²) in [6.45, 7) is 8.86. The fraction of sp³-hybridized carbons (Fsp3) is 0.207. The van der Waals surface area contributed by atoms with Crippen LogP contribution in [0.15, 0.2) is 62.9 Å². The summed E-state index contributed by atoms with van der Waals surface area (Å²) in [6, 6.07) is 12.1. The van der Waals surface area contributed by atoms with Gasteiger partial charge in [0.25, 0.3) is 15.6 Å². The number of hydrogen-bond donors (Lipinski definition) is 2. The smallest absolute Gasteiger partial charge is 0.340 e. The van der Waals surface area contributed by atoms with Gasteiger partial charge in [-0.1, -0.05) is 24.3 Å². The molecular formula is C29H27N3O5S3. The molecule has 8 nitrogen and oxygen atoms in total. The van der Waals surface area contributed by atoms with Crippen molar-refractivity contribution in [2.24, 2.45) is 0 Å². The number of thiophene rings is 2. The first-order valence-corrected chi connectivity index (χ1v) is 15.7. The summed E-state index contributed by atoms with van der Waals surface area (Å²) in [4.78, 5) is 35.2. The molecule has 3 heterocycles. The van der Waals surface area contributed by atoms with Gasteiger partial charge in [0.1, 0.15) is 4.83 Å². The van der Waals surface area contributed by atoms with E-state index in [1.807, 2.05) is 42.8 Å². The number of rotatable bonds is 7. The average Bonchev–Trinajstić information content (AvgIpc) is 3.58. The Morgan fingerprint density at radius 3 is 2.40 bits per heavy atom. The Bertz CT molecular complexity index is 1900. The number of aryl methyl sites for hydroxylation is 2. The van der Waals surface area contributed by atoms with Gasteiger partial charge in [0, 0.05) is 15.8 Å². The summed E-state index contributed by atoms with van der Waals surface area (Å²) in [6.07, 6.45) is -0.898. The van der Waals surface area contributed by atoms with Crippen LogP contribution >= 0.6 is 22.7 Å². The minimum absolute atomic E-state index is 0.0390. The Hall–Kier alpha value is -3.80. The lowest BCUT2D eigenvalue weighted by atomic mass is 10.0. The summed E-state index contributed by atoms with van der Waals surface area (Å²) in [5, 5.41) is 4.32. The number of esters is 1. The topological polar surface area (TPSA) is 118 Å². The van der Waals surface area contributed by atoms with Gasteiger partial charge in [-0.05, 0) is 80.5 Å². The molecular weight excluding hydrogens is 567 g/mol. The molecule has 0 aliphatic heterocycles. The second kappa shape index (κ2) is 10.6. The molecule has 2 aromatic carbocycles. The molecule has 0 saturated heterocycles. The number of carbonyl (C=O) groups is 1. The molecule has 3 aromatic heterocycles. The fourth-order valence-electron chi connectivity index (χ4n) is 4.58. The van der Waals surface area contributed by atoms with Gasteiger partial charge in [0.05, 0.1) is 21.5 Å². The zero-order valence-electron chi connectivity index (χ0n) is 22.5. The summed E-state index contributed by atoms with van der Waals surface area (Å²) < 4.78 is 35.2. The maximum atomic E-state index is 13.5. The van der Waals surface area contributed by atoms with Gasteiger partial charge >= 0.3 is 5.97 Å². The highest BCUT2D eigenvalue weighted by Crippen LogP contribution is 2.34. The van der Waals surface area contributed by atoms with Crippen molar-refractivity contribution in [2.45, 2.75) is 45.6 Å². The number of para-hydroxylation sites is 1. The molecule has 0 aliphatic rings. The third kappa shape index (κ3) is 5.07. The van der Waals surface area contributed by atoms with Crippen molar-refractivity contribution < 1.29 is 17.9 Å². The SMILES string of the molecule is Cc1cc(C)c(C)c(S(=O)(=O)Nc2ccccc2C(=O)O[C@H](C)c2nc3scc(-c4cccs4)c3c(=O)[nH]2)c1C. The van der Waals surface area contributed by atoms with Crippen molar-refractivity contribution in [3.8, 4) is 10.4 Å². The van der Waals surface area contributed by atoms with E-state index in [0.717, 1.165) is 21.6 Å². The van der Waals surface area contributed by atoms with Gasteiger partial charge < -0.3 is 9.72 Å². The molecule has 0 bridgehead atoms. The Morgan fingerprint density at radius 2 is 1.73 bits per heavy atom. The van der Waals surface area contributed by atoms with Crippen molar-refractivity contribution in [3.63, 3.8) is 0 Å². The van der Waals surface area contributed by atoms with E-state index in [1.54, 1.807) is 32.9 Å². The van der Waals surface area contributed by atoms with E-state index in [-0.39, 0.29) is 27.5 Å². The lowest BCUT2D eigenvalue weighted by Gasteiger charge is -2.18. The molecule has 0 fully saturated rings. The molecule has 0 unspecified atom stereocenters. The molecule has 1 atom stereocenters. The normalized spacial score (nSPS) is 12.4. The van der Waals surface area contributed by atoms with Gasteiger partial charge in [-0.15, -0.1) is 22.7 Å². The molecule has 0 amide bonds. The Kier molecular flexibility index (Phi) is 7.38. The van der Waals surface area contributed by atoms with Crippen molar-refractivity contribution in [1.82, 2.24) is 9.97 Å². The summed E-state index contributed by atoms with van der Waals surface area (Å²) >= 11 is 2.88. The van der Waals surface area contributed by atoms with Crippen LogP contribution in [0.25, 0.3) is 20.7 Å². The van der Waals surface area contributed by atoms with Gasteiger partial charge in [0.2, 0.25) is 0 Å². The summed E-state index contributed by atoms with van der Waals surface area (Å²) in [5.41, 5.74) is 3.63. The molecule has 2 N–H and O–H groups in total. The molecule has 206 valence electrons. The van der Waals surface area contributed by atoms with E-state index in [9.17, 15) is 18.0 Å². The lowest BCUT2D eigenvalue weighted by Crippen LogP contribution is -2.20. The van der Waals surface area contributed by atoms with Crippen molar-refractivity contribution >= 4 is 54.6 Å². The van der Waals surface area contributed by atoms with Crippen LogP contribution in [0.2, 0.25) is 0 Å². The van der Waals surface area contributed by atoms with Crippen LogP contribution in [0.1, 0.15) is 51.5 Å². The first-order chi connectivity index (χ1) is 19.0. The zero-order valence-corrected chi connectivity index (χ0v) is 24.9. The standard InChI is InChI=1S/C29H27N3O5S3/c1-15-13-16(2)18(4)25(17(15)3)40(35,36)32-22-10-7-6-9-20(22)29(34)37-19(5)26-30-27(33)24-21(14-39-28(24)31-26)23-11-8-12-38-23/h6-14,19,32H,1-5H3,(H,30,31,33)/t19-/m1/s1. The Labute approximate surface area is 239 Å². The minimum Gasteiger partial charge on any atom is -0.451 e. The largest absolute Gasteiger partial charge is 0.451 e. The number of hydrogen-bond acceptors (Lipinski definition) is 8. The quantitative estimate of drug-likeness (QED) is 0.204. The number of nitrogens with zero attached hydrogens (tertiary/aromatic N) is 1. The number of aromatic amines is 1. The highest BCUT2D eigenvalue weighted by Gasteiger charge is 2.26. The molecule has 0 saturated carbocycles. The van der Waals surface area contributed by atoms with Crippen LogP contribution in [0.5, 0.6) is 0 Å². The van der Waals surface area contributed by atoms with Gasteiger partial charge in [0.15, 0.2) is 11.9 Å². The van der Waals surface area contributed by atoms with E-state index in [2.05, 4.69) is 14.7 Å². The van der Waals surface area contributed by atoms with E-state index in [1.165, 1.54) is 34.8 Å². The molecule has 0 radical (unpaired) electrons. The minimum atomic E-state index is -4.02. The van der Waals surface area contributed by atoms with E-state index in [4.69, 9.17) is 4.74 Å². The van der Waals surface area contributed by atoms with Crippen LogP contribution in [0, 0.1) is 27.7 Å². The number of nitrogens with one attached hydrogen (secondary N) is 2. The number of aromatic nitrogens is 2. The molecule has 11 heteroatoms. The third-order valence-electron chi connectivity index (χ3n) is 6.88. The molecule has 5 rings (SSSR count). The number of ether oxygens (including phenoxy) is 1. The van der Waals surface area contributed by atoms with E-state index in [0.29, 0.717) is 21.3 Å². The van der Waals surface area contributed by atoms with Gasteiger partial charge in [-0.3, -0.25) is 9.52 Å². The van der Waals surface area contributed by atoms with Crippen LogP contribution in [-0.4, -0.2) is 24.4 Å². The first kappa shape index (κ1) is 27.8. The summed E-state index contributed by atoms with van der Waals surface area (Å²) in [7, 11) is -4.02. The summed E-state index contributed by atoms with van der Waals surface area (Å²) in [5.74, 6) is -0.558. The molecule has 5 aromatic rings. The van der Waals surface area contributed by atoms with E-state index < -0.39 is 22.1 Å². The number of sulfonamides is 1. The van der Waals surface area contributed by atoms with Crippen LogP contribution in [0.3, 0.4) is 0 Å². The van der Waals surface area contributed by atoms with E-state index >= 15 is 0 Å². The lowest BCUT2D eigenvalue weighted by molar-refractivity contribution is 0.0321. The zero-order chi connectivity index (χ0) is 28.8. The van der Waals surface area contributed by atoms with Crippen molar-refractivity contribution in [2.75, 3.05) is 4.72 Å². The number of carbonyl (C=O) groups excluding carboxylic acids is 1.